The fourth-order valence-electron chi connectivity index (χ4n) is 2.25. The second-order valence-corrected chi connectivity index (χ2v) is 5.99. The third kappa shape index (κ3) is 13.5. The van der Waals surface area contributed by atoms with E-state index in [0.29, 0.717) is 0 Å². The molecule has 0 aliphatic carbocycles. The highest BCUT2D eigenvalue weighted by atomic mass is 16.4. The molecule has 0 aromatic heterocycles. The number of amides is 1. The van der Waals surface area contributed by atoms with Crippen LogP contribution in [0.4, 0.5) is 0 Å². The number of hydrogen-bond donors (Lipinski definition) is 6. The Morgan fingerprint density at radius 2 is 1.07 bits per heavy atom. The molecule has 0 fully saturated rings. The van der Waals surface area contributed by atoms with Crippen molar-refractivity contribution in [3.8, 4) is 0 Å². The molecule has 6 N–H and O–H groups in total. The van der Waals surface area contributed by atoms with E-state index in [1.807, 2.05) is 0 Å². The van der Waals surface area contributed by atoms with Gasteiger partial charge in [0.15, 0.2) is 0 Å². The third-order valence-corrected chi connectivity index (χ3v) is 3.46. The van der Waals surface area contributed by atoms with Crippen LogP contribution in [-0.4, -0.2) is 116 Å². The predicted molar refractivity (Wildman–Crippen MR) is 92.2 cm³/mol. The number of carboxylic acid groups (broad SMARTS) is 5. The minimum atomic E-state index is -1.49. The number of hydrogen-bond acceptors (Lipinski definition) is 8. The van der Waals surface area contributed by atoms with Gasteiger partial charge in [0.2, 0.25) is 5.91 Å². The summed E-state index contributed by atoms with van der Waals surface area (Å²) in [6.45, 7) is -2.82. The first-order valence-electron chi connectivity index (χ1n) is 8.24. The van der Waals surface area contributed by atoms with E-state index >= 15 is 0 Å². The number of aliphatic carboxylic acids is 5. The standard InChI is InChI=1S/C15H23N3O11/c19-10(16-9(15(28)29)1-2-11(20)21)5-17(6-12(22)23)3-4-18(7-13(24)25)8-14(26)27/h9H,1-8H2,(H,16,19)(H,20,21)(H,22,23)(H,24,25)(H,26,27)(H,28,29)/t9-/m1/s1. The second kappa shape index (κ2) is 13.0. The van der Waals surface area contributed by atoms with Gasteiger partial charge in [0, 0.05) is 19.5 Å². The summed E-state index contributed by atoms with van der Waals surface area (Å²) >= 11 is 0. The molecule has 0 unspecified atom stereocenters. The van der Waals surface area contributed by atoms with Crippen LogP contribution in [0.5, 0.6) is 0 Å². The van der Waals surface area contributed by atoms with E-state index in [2.05, 4.69) is 5.32 Å². The molecule has 0 bridgehead atoms. The molecule has 0 spiro atoms. The van der Waals surface area contributed by atoms with Crippen molar-refractivity contribution in [2.75, 3.05) is 39.3 Å². The highest BCUT2D eigenvalue weighted by Crippen LogP contribution is 2.00. The first-order chi connectivity index (χ1) is 13.4. The van der Waals surface area contributed by atoms with Gasteiger partial charge in [0.05, 0.1) is 26.2 Å². The van der Waals surface area contributed by atoms with E-state index in [-0.39, 0.29) is 19.5 Å². The second-order valence-electron chi connectivity index (χ2n) is 5.99. The van der Waals surface area contributed by atoms with Crippen LogP contribution in [0, 0.1) is 0 Å². The topological polar surface area (TPSA) is 222 Å². The maximum absolute atomic E-state index is 12.0. The molecule has 0 aliphatic heterocycles. The number of nitrogens with zero attached hydrogens (tertiary/aromatic N) is 2. The van der Waals surface area contributed by atoms with Crippen molar-refractivity contribution in [1.29, 1.82) is 0 Å². The van der Waals surface area contributed by atoms with Crippen molar-refractivity contribution in [2.45, 2.75) is 18.9 Å². The van der Waals surface area contributed by atoms with Crippen LogP contribution in [0.1, 0.15) is 12.8 Å². The van der Waals surface area contributed by atoms with Crippen LogP contribution in [0.15, 0.2) is 0 Å². The van der Waals surface area contributed by atoms with Gasteiger partial charge >= 0.3 is 29.8 Å². The number of carbonyl (C=O) groups excluding carboxylic acids is 1. The first-order valence-corrected chi connectivity index (χ1v) is 8.24. The molecular formula is C15H23N3O11. The van der Waals surface area contributed by atoms with Gasteiger partial charge in [0.25, 0.3) is 0 Å². The highest BCUT2D eigenvalue weighted by Gasteiger charge is 2.23. The molecule has 0 aromatic carbocycles. The average molecular weight is 421 g/mol. The van der Waals surface area contributed by atoms with Crippen molar-refractivity contribution in [3.05, 3.63) is 0 Å². The Morgan fingerprint density at radius 3 is 1.41 bits per heavy atom. The minimum Gasteiger partial charge on any atom is -0.481 e. The molecule has 1 atom stereocenters. The van der Waals surface area contributed by atoms with E-state index in [4.69, 9.17) is 25.5 Å². The number of nitrogens with one attached hydrogen (secondary N) is 1. The zero-order valence-corrected chi connectivity index (χ0v) is 15.3. The van der Waals surface area contributed by atoms with Crippen molar-refractivity contribution in [1.82, 2.24) is 15.1 Å². The van der Waals surface area contributed by atoms with Crippen LogP contribution < -0.4 is 5.32 Å². The van der Waals surface area contributed by atoms with Crippen LogP contribution in [-0.2, 0) is 28.8 Å². The number of rotatable bonds is 16. The fourth-order valence-corrected chi connectivity index (χ4v) is 2.25. The molecule has 164 valence electrons. The third-order valence-electron chi connectivity index (χ3n) is 3.46. The molecule has 0 heterocycles. The largest absolute Gasteiger partial charge is 0.481 e. The summed E-state index contributed by atoms with van der Waals surface area (Å²) in [6, 6.07) is -1.49. The summed E-state index contributed by atoms with van der Waals surface area (Å²) in [5, 5.41) is 46.2. The quantitative estimate of drug-likeness (QED) is 0.149. The average Bonchev–Trinajstić information content (AvgIpc) is 2.54. The summed E-state index contributed by atoms with van der Waals surface area (Å²) in [4.78, 5) is 68.3. The summed E-state index contributed by atoms with van der Waals surface area (Å²) in [7, 11) is 0. The van der Waals surface area contributed by atoms with Gasteiger partial charge in [-0.25, -0.2) is 4.79 Å². The van der Waals surface area contributed by atoms with E-state index in [1.165, 1.54) is 0 Å². The number of carbonyl (C=O) groups is 6. The van der Waals surface area contributed by atoms with E-state index < -0.39 is 74.4 Å². The Morgan fingerprint density at radius 1 is 0.655 bits per heavy atom. The summed E-state index contributed by atoms with van der Waals surface area (Å²) < 4.78 is 0. The highest BCUT2D eigenvalue weighted by molar-refractivity contribution is 5.85. The molecule has 29 heavy (non-hydrogen) atoms. The van der Waals surface area contributed by atoms with Gasteiger partial charge in [-0.05, 0) is 6.42 Å². The SMILES string of the molecule is O=C(O)CC[C@@H](NC(=O)CN(CCN(CC(=O)O)CC(=O)O)CC(=O)O)C(=O)O. The minimum absolute atomic E-state index is 0.180. The lowest BCUT2D eigenvalue weighted by atomic mass is 10.1. The van der Waals surface area contributed by atoms with Crippen LogP contribution >= 0.6 is 0 Å². The zero-order chi connectivity index (χ0) is 22.6. The van der Waals surface area contributed by atoms with Gasteiger partial charge in [-0.3, -0.25) is 33.8 Å². The van der Waals surface area contributed by atoms with E-state index in [0.717, 1.165) is 9.80 Å². The molecule has 0 saturated carbocycles. The van der Waals surface area contributed by atoms with E-state index in [9.17, 15) is 28.8 Å². The van der Waals surface area contributed by atoms with Gasteiger partial charge in [-0.15, -0.1) is 0 Å². The van der Waals surface area contributed by atoms with Crippen LogP contribution in [0.3, 0.4) is 0 Å². The Bertz CT molecular complexity index is 621. The normalized spacial score (nSPS) is 11.8. The Kier molecular flexibility index (Phi) is 11.5. The molecule has 0 rings (SSSR count). The van der Waals surface area contributed by atoms with Crippen molar-refractivity contribution >= 4 is 35.8 Å². The monoisotopic (exact) mass is 421 g/mol. The van der Waals surface area contributed by atoms with E-state index in [1.54, 1.807) is 0 Å². The summed E-state index contributed by atoms with van der Waals surface area (Å²) in [5.74, 6) is -7.50. The lowest BCUT2D eigenvalue weighted by Gasteiger charge is -2.25. The van der Waals surface area contributed by atoms with Gasteiger partial charge < -0.3 is 30.8 Å². The first kappa shape index (κ1) is 25.7. The lowest BCUT2D eigenvalue weighted by molar-refractivity contribution is -0.144. The van der Waals surface area contributed by atoms with Crippen LogP contribution in [0.2, 0.25) is 0 Å². The van der Waals surface area contributed by atoms with Gasteiger partial charge in [0.1, 0.15) is 6.04 Å². The Hall–Kier alpha value is -3.26. The molecule has 0 saturated heterocycles. The van der Waals surface area contributed by atoms with Gasteiger partial charge in [-0.1, -0.05) is 0 Å². The molecule has 14 heteroatoms. The fraction of sp³-hybridized carbons (Fsp3) is 0.600. The van der Waals surface area contributed by atoms with Crippen molar-refractivity contribution < 1.29 is 54.3 Å². The smallest absolute Gasteiger partial charge is 0.326 e. The molecular weight excluding hydrogens is 398 g/mol. The molecule has 0 aliphatic rings. The Labute approximate surface area is 164 Å². The molecule has 0 radical (unpaired) electrons. The summed E-state index contributed by atoms with van der Waals surface area (Å²) in [6.07, 6.45) is -0.879. The molecule has 0 aromatic rings. The van der Waals surface area contributed by atoms with Gasteiger partial charge in [-0.2, -0.15) is 0 Å². The Balaban J connectivity index is 4.94. The lowest BCUT2D eigenvalue weighted by Crippen LogP contribution is -2.48. The van der Waals surface area contributed by atoms with Crippen LogP contribution in [0.25, 0.3) is 0 Å². The van der Waals surface area contributed by atoms with Crippen molar-refractivity contribution in [2.24, 2.45) is 0 Å². The zero-order valence-electron chi connectivity index (χ0n) is 15.3. The summed E-state index contributed by atoms with van der Waals surface area (Å²) in [5.41, 5.74) is 0. The maximum Gasteiger partial charge on any atom is 0.326 e. The molecule has 1 amide bonds. The number of carboxylic acids is 5. The predicted octanol–water partition coefficient (Wildman–Crippen LogP) is -2.72. The molecule has 14 nitrogen and oxygen atoms in total. The maximum atomic E-state index is 12.0. The van der Waals surface area contributed by atoms with Crippen molar-refractivity contribution in [3.63, 3.8) is 0 Å².